The van der Waals surface area contributed by atoms with E-state index in [0.717, 1.165) is 12.8 Å². The van der Waals surface area contributed by atoms with Gasteiger partial charge in [0.2, 0.25) is 0 Å². The fourth-order valence-electron chi connectivity index (χ4n) is 1.21. The molecule has 0 rings (SSSR count). The van der Waals surface area contributed by atoms with Crippen LogP contribution in [0.1, 0.15) is 39.5 Å². The summed E-state index contributed by atoms with van der Waals surface area (Å²) in [7, 11) is 0. The first-order valence-electron chi connectivity index (χ1n) is 5.14. The zero-order valence-electron chi connectivity index (χ0n) is 9.06. The quantitative estimate of drug-likeness (QED) is 0.649. The van der Waals surface area contributed by atoms with Gasteiger partial charge in [0.05, 0.1) is 5.92 Å². The summed E-state index contributed by atoms with van der Waals surface area (Å²) >= 11 is 0. The molecule has 2 nitrogen and oxygen atoms in total. The minimum atomic E-state index is -4.43. The Morgan fingerprint density at radius 1 is 1.33 bits per heavy atom. The lowest BCUT2D eigenvalue weighted by Crippen LogP contribution is -2.24. The number of carbonyl (C=O) groups excluding carboxylic acids is 1. The van der Waals surface area contributed by atoms with Crippen molar-refractivity contribution >= 4 is 5.97 Å². The van der Waals surface area contributed by atoms with Gasteiger partial charge in [0.1, 0.15) is 0 Å². The summed E-state index contributed by atoms with van der Waals surface area (Å²) in [4.78, 5) is 11.2. The molecular weight excluding hydrogens is 209 g/mol. The molecule has 0 heterocycles. The number of unbranched alkanes of at least 4 members (excludes halogenated alkanes) is 1. The Balaban J connectivity index is 3.94. The van der Waals surface area contributed by atoms with E-state index in [9.17, 15) is 18.0 Å². The van der Waals surface area contributed by atoms with Gasteiger partial charge in [-0.2, -0.15) is 13.2 Å². The van der Waals surface area contributed by atoms with Crippen LogP contribution in [0.25, 0.3) is 0 Å². The fraction of sp³-hybridized carbons (Fsp3) is 0.900. The van der Waals surface area contributed by atoms with Gasteiger partial charge < -0.3 is 4.74 Å². The summed E-state index contributed by atoms with van der Waals surface area (Å²) < 4.78 is 39.5. The third-order valence-electron chi connectivity index (χ3n) is 2.11. The molecule has 1 unspecified atom stereocenters. The maximum absolute atomic E-state index is 11.8. The van der Waals surface area contributed by atoms with Crippen LogP contribution in [0.5, 0.6) is 0 Å². The number of hydrogen-bond acceptors (Lipinski definition) is 2. The Morgan fingerprint density at radius 3 is 2.33 bits per heavy atom. The van der Waals surface area contributed by atoms with Gasteiger partial charge in [0.25, 0.3) is 0 Å². The predicted molar refractivity (Wildman–Crippen MR) is 50.3 cm³/mol. The van der Waals surface area contributed by atoms with E-state index in [2.05, 4.69) is 4.74 Å². The van der Waals surface area contributed by atoms with Gasteiger partial charge in [-0.25, -0.2) is 0 Å². The molecular formula is C10H17F3O2. The molecule has 5 heteroatoms. The molecule has 0 aromatic heterocycles. The number of carbonyl (C=O) groups is 1. The van der Waals surface area contributed by atoms with Crippen molar-refractivity contribution in [1.82, 2.24) is 0 Å². The van der Waals surface area contributed by atoms with E-state index < -0.39 is 24.7 Å². The Labute approximate surface area is 87.8 Å². The molecule has 0 N–H and O–H groups in total. The highest BCUT2D eigenvalue weighted by Crippen LogP contribution is 2.18. The van der Waals surface area contributed by atoms with Crippen molar-refractivity contribution in [3.8, 4) is 0 Å². The summed E-state index contributed by atoms with van der Waals surface area (Å²) in [5, 5.41) is 0. The van der Waals surface area contributed by atoms with E-state index >= 15 is 0 Å². The van der Waals surface area contributed by atoms with Crippen molar-refractivity contribution in [1.29, 1.82) is 0 Å². The van der Waals surface area contributed by atoms with E-state index in [1.165, 1.54) is 0 Å². The summed E-state index contributed by atoms with van der Waals surface area (Å²) in [5.41, 5.74) is 0. The highest BCUT2D eigenvalue weighted by atomic mass is 19.4. The molecule has 0 aromatic rings. The third kappa shape index (κ3) is 7.22. The Kier molecular flexibility index (Phi) is 6.36. The normalized spacial score (nSPS) is 13.7. The number of esters is 1. The van der Waals surface area contributed by atoms with E-state index in [1.807, 2.05) is 6.92 Å². The molecule has 0 fully saturated rings. The van der Waals surface area contributed by atoms with E-state index in [1.54, 1.807) is 6.92 Å². The van der Waals surface area contributed by atoms with Crippen molar-refractivity contribution in [3.05, 3.63) is 0 Å². The van der Waals surface area contributed by atoms with Crippen molar-refractivity contribution < 1.29 is 22.7 Å². The first kappa shape index (κ1) is 14.3. The van der Waals surface area contributed by atoms with Crippen LogP contribution in [0, 0.1) is 5.92 Å². The number of alkyl halides is 3. The average Bonchev–Trinajstić information content (AvgIpc) is 2.15. The van der Waals surface area contributed by atoms with Crippen LogP contribution >= 0.6 is 0 Å². The summed E-state index contributed by atoms with van der Waals surface area (Å²) in [6.07, 6.45) is -1.55. The molecule has 0 saturated carbocycles. The average molecular weight is 226 g/mol. The fourth-order valence-corrected chi connectivity index (χ4v) is 1.21. The standard InChI is InChI=1S/C10H17F3O2/c1-3-5-6-8(4-2)9(14)15-7-10(11,12)13/h8H,3-7H2,1-2H3. The molecule has 0 bridgehead atoms. The monoisotopic (exact) mass is 226 g/mol. The predicted octanol–water partition coefficient (Wildman–Crippen LogP) is 3.31. The molecule has 15 heavy (non-hydrogen) atoms. The van der Waals surface area contributed by atoms with Crippen LogP contribution in [0.15, 0.2) is 0 Å². The molecule has 0 spiro atoms. The summed E-state index contributed by atoms with van der Waals surface area (Å²) in [6, 6.07) is 0. The van der Waals surface area contributed by atoms with Crippen LogP contribution in [-0.4, -0.2) is 18.8 Å². The zero-order chi connectivity index (χ0) is 11.9. The Bertz CT molecular complexity index is 190. The van der Waals surface area contributed by atoms with Gasteiger partial charge in [0, 0.05) is 0 Å². The van der Waals surface area contributed by atoms with Gasteiger partial charge in [-0.1, -0.05) is 26.7 Å². The highest BCUT2D eigenvalue weighted by Gasteiger charge is 2.30. The van der Waals surface area contributed by atoms with Crippen molar-refractivity contribution in [2.24, 2.45) is 5.92 Å². The largest absolute Gasteiger partial charge is 0.456 e. The smallest absolute Gasteiger partial charge is 0.422 e. The number of ether oxygens (including phenoxy) is 1. The lowest BCUT2D eigenvalue weighted by atomic mass is 10.00. The van der Waals surface area contributed by atoms with Gasteiger partial charge in [-0.3, -0.25) is 4.79 Å². The van der Waals surface area contributed by atoms with Crippen LogP contribution in [0.4, 0.5) is 13.2 Å². The molecule has 0 aliphatic rings. The van der Waals surface area contributed by atoms with E-state index in [0.29, 0.717) is 12.8 Å². The first-order chi connectivity index (χ1) is 6.90. The molecule has 0 aromatic carbocycles. The first-order valence-corrected chi connectivity index (χ1v) is 5.14. The molecule has 0 aliphatic heterocycles. The third-order valence-corrected chi connectivity index (χ3v) is 2.11. The lowest BCUT2D eigenvalue weighted by molar-refractivity contribution is -0.189. The summed E-state index contributed by atoms with van der Waals surface area (Å²) in [6.45, 7) is 2.26. The lowest BCUT2D eigenvalue weighted by Gasteiger charge is -2.14. The van der Waals surface area contributed by atoms with Crippen molar-refractivity contribution in [3.63, 3.8) is 0 Å². The second-order valence-electron chi connectivity index (χ2n) is 3.47. The Morgan fingerprint density at radius 2 is 1.93 bits per heavy atom. The van der Waals surface area contributed by atoms with Crippen molar-refractivity contribution in [2.75, 3.05) is 6.61 Å². The molecule has 1 atom stereocenters. The SMILES string of the molecule is CCCCC(CC)C(=O)OCC(F)(F)F. The van der Waals surface area contributed by atoms with Crippen LogP contribution < -0.4 is 0 Å². The minimum Gasteiger partial charge on any atom is -0.456 e. The van der Waals surface area contributed by atoms with E-state index in [4.69, 9.17) is 0 Å². The number of halogens is 3. The molecule has 0 saturated heterocycles. The van der Waals surface area contributed by atoms with Gasteiger partial charge in [-0.05, 0) is 12.8 Å². The molecule has 90 valence electrons. The van der Waals surface area contributed by atoms with Crippen LogP contribution in [0.2, 0.25) is 0 Å². The van der Waals surface area contributed by atoms with Crippen LogP contribution in [0.3, 0.4) is 0 Å². The maximum atomic E-state index is 11.8. The molecule has 0 aliphatic carbocycles. The van der Waals surface area contributed by atoms with Crippen molar-refractivity contribution in [2.45, 2.75) is 45.7 Å². The van der Waals surface area contributed by atoms with Crippen LogP contribution in [-0.2, 0) is 9.53 Å². The summed E-state index contributed by atoms with van der Waals surface area (Å²) in [5.74, 6) is -1.13. The molecule has 0 amide bonds. The zero-order valence-corrected chi connectivity index (χ0v) is 9.06. The van der Waals surface area contributed by atoms with Gasteiger partial charge >= 0.3 is 12.1 Å². The minimum absolute atomic E-state index is 0.396. The topological polar surface area (TPSA) is 26.3 Å². The second-order valence-corrected chi connectivity index (χ2v) is 3.47. The number of hydrogen-bond donors (Lipinski definition) is 0. The Hall–Kier alpha value is -0.740. The van der Waals surface area contributed by atoms with Gasteiger partial charge in [-0.15, -0.1) is 0 Å². The number of rotatable bonds is 6. The highest BCUT2D eigenvalue weighted by molar-refractivity contribution is 5.72. The second kappa shape index (κ2) is 6.69. The van der Waals surface area contributed by atoms with E-state index in [-0.39, 0.29) is 0 Å². The molecule has 0 radical (unpaired) electrons. The van der Waals surface area contributed by atoms with Gasteiger partial charge in [0.15, 0.2) is 6.61 Å². The maximum Gasteiger partial charge on any atom is 0.422 e.